The molecule has 2 aromatic heterocycles. The van der Waals surface area contributed by atoms with Crippen molar-refractivity contribution >= 4 is 11.3 Å². The van der Waals surface area contributed by atoms with Gasteiger partial charge >= 0.3 is 5.69 Å². The third-order valence-electron chi connectivity index (χ3n) is 1.87. The normalized spacial score (nSPS) is 10.8. The predicted octanol–water partition coefficient (Wildman–Crippen LogP) is -1.70. The minimum Gasteiger partial charge on any atom is -0.391 e. The summed E-state index contributed by atoms with van der Waals surface area (Å²) in [5, 5.41) is 6.08. The molecule has 13 heavy (non-hydrogen) atoms. The van der Waals surface area contributed by atoms with E-state index in [-0.39, 0.29) is 11.3 Å². The Labute approximate surface area is 71.4 Å². The van der Waals surface area contributed by atoms with Crippen LogP contribution in [0.3, 0.4) is 0 Å². The summed E-state index contributed by atoms with van der Waals surface area (Å²) in [5.74, 6) is 0. The zero-order valence-corrected chi connectivity index (χ0v) is 6.81. The van der Waals surface area contributed by atoms with Gasteiger partial charge in [0.2, 0.25) is 0 Å². The summed E-state index contributed by atoms with van der Waals surface area (Å²) in [4.78, 5) is 22.7. The van der Waals surface area contributed by atoms with E-state index < -0.39 is 11.2 Å². The van der Waals surface area contributed by atoms with Gasteiger partial charge in [0.25, 0.3) is 5.56 Å². The monoisotopic (exact) mass is 181 g/mol. The Kier molecular flexibility index (Phi) is 1.30. The Hall–Kier alpha value is -2.05. The van der Waals surface area contributed by atoms with E-state index in [9.17, 15) is 9.59 Å². The van der Waals surface area contributed by atoms with E-state index in [4.69, 9.17) is 5.73 Å². The van der Waals surface area contributed by atoms with E-state index >= 15 is 0 Å². The molecule has 0 spiro atoms. The number of hydrogen-bond acceptors (Lipinski definition) is 4. The summed E-state index contributed by atoms with van der Waals surface area (Å²) in [6, 6.07) is 0. The van der Waals surface area contributed by atoms with Crippen LogP contribution in [0.25, 0.3) is 5.65 Å². The molecule has 2 rings (SSSR count). The van der Waals surface area contributed by atoms with E-state index in [1.54, 1.807) is 0 Å². The standard InChI is InChI=1S/C6H7N5O2/c1-10-5(12)3(7)4-9-8-2-11(4)6(10)13/h2,9H,7H2,1H3. The predicted molar refractivity (Wildman–Crippen MR) is 45.5 cm³/mol. The van der Waals surface area contributed by atoms with Gasteiger partial charge in [-0.2, -0.15) is 5.10 Å². The number of nitrogens with zero attached hydrogens (tertiary/aromatic N) is 3. The van der Waals surface area contributed by atoms with Crippen molar-refractivity contribution in [3.05, 3.63) is 27.2 Å². The van der Waals surface area contributed by atoms with Crippen molar-refractivity contribution in [1.82, 2.24) is 19.2 Å². The van der Waals surface area contributed by atoms with Crippen LogP contribution in [0.2, 0.25) is 0 Å². The summed E-state index contributed by atoms with van der Waals surface area (Å²) in [7, 11) is 1.36. The van der Waals surface area contributed by atoms with Crippen LogP contribution in [0.1, 0.15) is 0 Å². The van der Waals surface area contributed by atoms with Crippen molar-refractivity contribution in [1.29, 1.82) is 0 Å². The van der Waals surface area contributed by atoms with Crippen LogP contribution in [-0.2, 0) is 7.05 Å². The van der Waals surface area contributed by atoms with Crippen molar-refractivity contribution in [3.8, 4) is 0 Å². The quantitative estimate of drug-likeness (QED) is 0.506. The molecule has 2 aromatic rings. The van der Waals surface area contributed by atoms with Gasteiger partial charge in [0.1, 0.15) is 12.0 Å². The molecule has 0 saturated carbocycles. The maximum atomic E-state index is 11.4. The number of nitrogens with one attached hydrogen (secondary N) is 1. The molecule has 7 nitrogen and oxygen atoms in total. The molecule has 3 N–H and O–H groups in total. The molecule has 0 fully saturated rings. The number of nitrogens with two attached hydrogens (primary N) is 1. The Morgan fingerprint density at radius 2 is 2.23 bits per heavy atom. The van der Waals surface area contributed by atoms with Gasteiger partial charge in [0.05, 0.1) is 0 Å². The molecule has 0 unspecified atom stereocenters. The van der Waals surface area contributed by atoms with Crippen molar-refractivity contribution in [2.45, 2.75) is 0 Å². The zero-order valence-electron chi connectivity index (χ0n) is 6.81. The first-order chi connectivity index (χ1) is 6.13. The zero-order chi connectivity index (χ0) is 9.59. The third kappa shape index (κ3) is 0.805. The fourth-order valence-corrected chi connectivity index (χ4v) is 1.12. The lowest BCUT2D eigenvalue weighted by atomic mass is 10.5. The Morgan fingerprint density at radius 3 is 2.92 bits per heavy atom. The summed E-state index contributed by atoms with van der Waals surface area (Å²) < 4.78 is 2.11. The average molecular weight is 181 g/mol. The molecule has 0 amide bonds. The number of aromatic nitrogens is 4. The van der Waals surface area contributed by atoms with Crippen LogP contribution in [0, 0.1) is 0 Å². The lowest BCUT2D eigenvalue weighted by Crippen LogP contribution is -2.36. The topological polar surface area (TPSA) is 98.2 Å². The van der Waals surface area contributed by atoms with Crippen molar-refractivity contribution in [2.75, 3.05) is 5.73 Å². The van der Waals surface area contributed by atoms with E-state index in [0.29, 0.717) is 0 Å². The van der Waals surface area contributed by atoms with Gasteiger partial charge in [-0.1, -0.05) is 0 Å². The van der Waals surface area contributed by atoms with E-state index in [2.05, 4.69) is 10.2 Å². The van der Waals surface area contributed by atoms with Gasteiger partial charge in [0.15, 0.2) is 5.65 Å². The van der Waals surface area contributed by atoms with Crippen LogP contribution in [-0.4, -0.2) is 19.2 Å². The van der Waals surface area contributed by atoms with E-state index in [0.717, 1.165) is 4.57 Å². The van der Waals surface area contributed by atoms with Crippen LogP contribution in [0.5, 0.6) is 0 Å². The number of nitrogen functional groups attached to an aromatic ring is 1. The van der Waals surface area contributed by atoms with Gasteiger partial charge in [-0.15, -0.1) is 0 Å². The Balaban J connectivity index is 3.21. The molecule has 2 heterocycles. The Bertz CT molecular complexity index is 575. The largest absolute Gasteiger partial charge is 0.391 e. The Morgan fingerprint density at radius 1 is 1.54 bits per heavy atom. The smallest absolute Gasteiger partial charge is 0.337 e. The van der Waals surface area contributed by atoms with Crippen molar-refractivity contribution in [3.63, 3.8) is 0 Å². The van der Waals surface area contributed by atoms with Gasteiger partial charge in [-0.25, -0.2) is 9.20 Å². The molecular weight excluding hydrogens is 174 g/mol. The van der Waals surface area contributed by atoms with Crippen molar-refractivity contribution < 1.29 is 0 Å². The maximum Gasteiger partial charge on any atom is 0.337 e. The first-order valence-corrected chi connectivity index (χ1v) is 3.53. The van der Waals surface area contributed by atoms with Crippen LogP contribution < -0.4 is 17.0 Å². The number of H-pyrrole nitrogens is 1. The molecular formula is C6H7N5O2. The number of anilines is 1. The number of aromatic amines is 1. The second-order valence-corrected chi connectivity index (χ2v) is 2.64. The highest BCUT2D eigenvalue weighted by molar-refractivity contribution is 5.61. The average Bonchev–Trinajstić information content (AvgIpc) is 2.59. The molecule has 0 bridgehead atoms. The van der Waals surface area contributed by atoms with Gasteiger partial charge in [-0.3, -0.25) is 14.5 Å². The lowest BCUT2D eigenvalue weighted by molar-refractivity contribution is 0.761. The molecule has 7 heteroatoms. The second kappa shape index (κ2) is 2.22. The summed E-state index contributed by atoms with van der Waals surface area (Å²) >= 11 is 0. The molecule has 0 saturated heterocycles. The molecule has 0 radical (unpaired) electrons. The highest BCUT2D eigenvalue weighted by atomic mass is 16.2. The molecule has 0 aliphatic heterocycles. The van der Waals surface area contributed by atoms with Gasteiger partial charge in [0, 0.05) is 7.05 Å². The van der Waals surface area contributed by atoms with E-state index in [1.165, 1.54) is 17.8 Å². The summed E-state index contributed by atoms with van der Waals surface area (Å²) in [6.45, 7) is 0. The minimum absolute atomic E-state index is 0.0143. The van der Waals surface area contributed by atoms with Gasteiger partial charge < -0.3 is 5.73 Å². The summed E-state index contributed by atoms with van der Waals surface area (Å²) in [6.07, 6.45) is 1.27. The SMILES string of the molecule is Cn1c(=O)c(N)c2[nH]ncn2c1=O. The first kappa shape index (κ1) is 7.59. The number of fused-ring (bicyclic) bond motifs is 1. The number of hydrogen-bond donors (Lipinski definition) is 2. The van der Waals surface area contributed by atoms with Crippen molar-refractivity contribution in [2.24, 2.45) is 7.05 Å². The lowest BCUT2D eigenvalue weighted by Gasteiger charge is -1.99. The van der Waals surface area contributed by atoms with Crippen LogP contribution in [0.4, 0.5) is 5.69 Å². The molecule has 0 aromatic carbocycles. The van der Waals surface area contributed by atoms with E-state index in [1.807, 2.05) is 0 Å². The highest BCUT2D eigenvalue weighted by Crippen LogP contribution is 1.98. The molecule has 0 aliphatic rings. The second-order valence-electron chi connectivity index (χ2n) is 2.64. The fraction of sp³-hybridized carbons (Fsp3) is 0.167. The third-order valence-corrected chi connectivity index (χ3v) is 1.87. The first-order valence-electron chi connectivity index (χ1n) is 3.53. The van der Waals surface area contributed by atoms with Crippen LogP contribution >= 0.6 is 0 Å². The fourth-order valence-electron chi connectivity index (χ4n) is 1.12. The van der Waals surface area contributed by atoms with Gasteiger partial charge in [-0.05, 0) is 0 Å². The molecule has 68 valence electrons. The molecule has 0 atom stereocenters. The molecule has 0 aliphatic carbocycles. The van der Waals surface area contributed by atoms with Crippen LogP contribution in [0.15, 0.2) is 15.9 Å². The highest BCUT2D eigenvalue weighted by Gasteiger charge is 2.09. The minimum atomic E-state index is -0.519. The number of rotatable bonds is 0. The summed E-state index contributed by atoms with van der Waals surface area (Å²) in [5.41, 5.74) is 4.69. The maximum absolute atomic E-state index is 11.4.